The maximum absolute atomic E-state index is 9.29. The van der Waals surface area contributed by atoms with Crippen LogP contribution in [0.3, 0.4) is 0 Å². The molecule has 4 rings (SSSR count). The summed E-state index contributed by atoms with van der Waals surface area (Å²) < 4.78 is 6.21. The van der Waals surface area contributed by atoms with Gasteiger partial charge in [-0.3, -0.25) is 0 Å². The van der Waals surface area contributed by atoms with Crippen molar-refractivity contribution in [3.63, 3.8) is 0 Å². The summed E-state index contributed by atoms with van der Waals surface area (Å²) in [6.07, 6.45) is 9.79. The molecule has 116 valence electrons. The maximum Gasteiger partial charge on any atom is 0.121 e. The van der Waals surface area contributed by atoms with E-state index in [4.69, 9.17) is 4.74 Å². The average Bonchev–Trinajstić information content (AvgIpc) is 2.94. The average molecular weight is 306 g/mol. The molecule has 0 spiro atoms. The van der Waals surface area contributed by atoms with Gasteiger partial charge in [-0.25, -0.2) is 9.97 Å². The van der Waals surface area contributed by atoms with Crippen LogP contribution in [0.2, 0.25) is 0 Å². The molecule has 23 heavy (non-hydrogen) atoms. The van der Waals surface area contributed by atoms with Crippen LogP contribution in [0.25, 0.3) is 11.1 Å². The highest BCUT2D eigenvalue weighted by atomic mass is 16.5. The van der Waals surface area contributed by atoms with Crippen molar-refractivity contribution in [2.75, 3.05) is 0 Å². The Morgan fingerprint density at radius 1 is 1.04 bits per heavy atom. The molecule has 0 aliphatic carbocycles. The van der Waals surface area contributed by atoms with Crippen molar-refractivity contribution in [3.8, 4) is 22.9 Å². The molecular formula is C18H18N4O. The molecule has 5 heteroatoms. The molecular weight excluding hydrogens is 288 g/mol. The van der Waals surface area contributed by atoms with Gasteiger partial charge in [0.1, 0.15) is 18.2 Å². The second kappa shape index (κ2) is 5.98. The van der Waals surface area contributed by atoms with Crippen LogP contribution >= 0.6 is 0 Å². The van der Waals surface area contributed by atoms with Gasteiger partial charge in [-0.2, -0.15) is 5.26 Å². The van der Waals surface area contributed by atoms with Crippen LogP contribution in [0.1, 0.15) is 31.2 Å². The van der Waals surface area contributed by atoms with Crippen LogP contribution in [-0.2, 0) is 0 Å². The van der Waals surface area contributed by atoms with Crippen molar-refractivity contribution < 1.29 is 4.74 Å². The fourth-order valence-electron chi connectivity index (χ4n) is 3.64. The lowest BCUT2D eigenvalue weighted by atomic mass is 10.0. The summed E-state index contributed by atoms with van der Waals surface area (Å²) in [5, 5.41) is 12.9. The van der Waals surface area contributed by atoms with Crippen molar-refractivity contribution in [2.24, 2.45) is 0 Å². The summed E-state index contributed by atoms with van der Waals surface area (Å²) in [7, 11) is 0. The lowest BCUT2D eigenvalue weighted by Crippen LogP contribution is -2.42. The van der Waals surface area contributed by atoms with Crippen molar-refractivity contribution in [1.82, 2.24) is 15.3 Å². The number of hydrogen-bond donors (Lipinski definition) is 1. The molecule has 0 saturated carbocycles. The second-order valence-corrected chi connectivity index (χ2v) is 6.33. The van der Waals surface area contributed by atoms with Gasteiger partial charge in [-0.05, 0) is 49.4 Å². The monoisotopic (exact) mass is 306 g/mol. The molecule has 1 aromatic carbocycles. The van der Waals surface area contributed by atoms with Gasteiger partial charge in [0.15, 0.2) is 0 Å². The van der Waals surface area contributed by atoms with E-state index >= 15 is 0 Å². The fourth-order valence-corrected chi connectivity index (χ4v) is 3.64. The van der Waals surface area contributed by atoms with Gasteiger partial charge < -0.3 is 10.1 Å². The van der Waals surface area contributed by atoms with Gasteiger partial charge in [-0.15, -0.1) is 0 Å². The van der Waals surface area contributed by atoms with Crippen LogP contribution in [-0.4, -0.2) is 28.2 Å². The van der Waals surface area contributed by atoms with E-state index in [-0.39, 0.29) is 6.10 Å². The third-order valence-electron chi connectivity index (χ3n) is 4.66. The van der Waals surface area contributed by atoms with E-state index < -0.39 is 0 Å². The lowest BCUT2D eigenvalue weighted by Gasteiger charge is -2.29. The number of fused-ring (bicyclic) bond motifs is 2. The highest BCUT2D eigenvalue weighted by Gasteiger charge is 2.34. The molecule has 3 heterocycles. The number of piperidine rings is 1. The van der Waals surface area contributed by atoms with Crippen LogP contribution in [0.4, 0.5) is 0 Å². The van der Waals surface area contributed by atoms with Crippen molar-refractivity contribution in [1.29, 1.82) is 5.26 Å². The van der Waals surface area contributed by atoms with Gasteiger partial charge in [0.05, 0.1) is 11.6 Å². The molecule has 2 aliphatic rings. The number of hydrogen-bond acceptors (Lipinski definition) is 5. The summed E-state index contributed by atoms with van der Waals surface area (Å²) in [6.45, 7) is 0. The molecule has 5 nitrogen and oxygen atoms in total. The number of nitrogens with one attached hydrogen (secondary N) is 1. The number of benzene rings is 1. The molecule has 2 fully saturated rings. The normalized spacial score (nSPS) is 25.8. The van der Waals surface area contributed by atoms with Crippen LogP contribution in [0.5, 0.6) is 5.75 Å². The van der Waals surface area contributed by atoms with E-state index in [0.717, 1.165) is 29.7 Å². The van der Waals surface area contributed by atoms with Gasteiger partial charge in [0.2, 0.25) is 0 Å². The predicted molar refractivity (Wildman–Crippen MR) is 85.8 cm³/mol. The highest BCUT2D eigenvalue weighted by molar-refractivity contribution is 5.65. The molecule has 1 aromatic heterocycles. The van der Waals surface area contributed by atoms with E-state index in [1.54, 1.807) is 12.4 Å². The quantitative estimate of drug-likeness (QED) is 0.944. The SMILES string of the molecule is N#Cc1cc(OC2C[C@H]3CC[C@@H](C2)N3)cc(-c2cncnc2)c1. The molecule has 2 aromatic rings. The Balaban J connectivity index is 1.60. The summed E-state index contributed by atoms with van der Waals surface area (Å²) in [5.41, 5.74) is 2.40. The second-order valence-electron chi connectivity index (χ2n) is 6.33. The van der Waals surface area contributed by atoms with Crippen LogP contribution in [0.15, 0.2) is 36.9 Å². The molecule has 1 unspecified atom stereocenters. The highest BCUT2D eigenvalue weighted by Crippen LogP contribution is 2.31. The first-order valence-electron chi connectivity index (χ1n) is 8.03. The maximum atomic E-state index is 9.29. The number of nitriles is 1. The third-order valence-corrected chi connectivity index (χ3v) is 4.66. The predicted octanol–water partition coefficient (Wildman–Crippen LogP) is 2.68. The first-order valence-corrected chi connectivity index (χ1v) is 8.03. The fraction of sp³-hybridized carbons (Fsp3) is 0.389. The number of rotatable bonds is 3. The first-order chi connectivity index (χ1) is 11.3. The number of nitrogens with zero attached hydrogens (tertiary/aromatic N) is 3. The Hall–Kier alpha value is -2.45. The number of ether oxygens (including phenoxy) is 1. The summed E-state index contributed by atoms with van der Waals surface area (Å²) in [6, 6.07) is 9.02. The van der Waals surface area contributed by atoms with Gasteiger partial charge in [0, 0.05) is 30.0 Å². The van der Waals surface area contributed by atoms with E-state index in [1.807, 2.05) is 18.2 Å². The molecule has 1 N–H and O–H groups in total. The Bertz CT molecular complexity index is 728. The van der Waals surface area contributed by atoms with E-state index in [0.29, 0.717) is 17.6 Å². The topological polar surface area (TPSA) is 70.8 Å². The molecule has 2 aliphatic heterocycles. The zero-order chi connectivity index (χ0) is 15.6. The van der Waals surface area contributed by atoms with Gasteiger partial charge >= 0.3 is 0 Å². The summed E-state index contributed by atoms with van der Waals surface area (Å²) >= 11 is 0. The third kappa shape index (κ3) is 3.03. The Morgan fingerprint density at radius 2 is 1.78 bits per heavy atom. The molecule has 2 saturated heterocycles. The summed E-state index contributed by atoms with van der Waals surface area (Å²) in [4.78, 5) is 8.09. The zero-order valence-electron chi connectivity index (χ0n) is 12.8. The lowest BCUT2D eigenvalue weighted by molar-refractivity contribution is 0.137. The molecule has 2 bridgehead atoms. The van der Waals surface area contributed by atoms with E-state index in [2.05, 4.69) is 21.4 Å². The van der Waals surface area contributed by atoms with Crippen molar-refractivity contribution in [2.45, 2.75) is 43.9 Å². The largest absolute Gasteiger partial charge is 0.490 e. The minimum Gasteiger partial charge on any atom is -0.490 e. The summed E-state index contributed by atoms with van der Waals surface area (Å²) in [5.74, 6) is 0.759. The van der Waals surface area contributed by atoms with Gasteiger partial charge in [-0.1, -0.05) is 0 Å². The minimum atomic E-state index is 0.225. The molecule has 3 atom stereocenters. The first kappa shape index (κ1) is 14.2. The smallest absolute Gasteiger partial charge is 0.121 e. The standard InChI is InChI=1S/C18H18N4O/c19-8-12-3-13(14-9-20-11-21-10-14)5-17(4-12)23-18-6-15-1-2-16(7-18)22-15/h3-5,9-11,15-16,18,22H,1-2,6-7H2/t15-,16+,18?. The molecule has 0 amide bonds. The zero-order valence-corrected chi connectivity index (χ0v) is 12.8. The van der Waals surface area contributed by atoms with Crippen molar-refractivity contribution in [3.05, 3.63) is 42.5 Å². The van der Waals surface area contributed by atoms with E-state index in [1.165, 1.54) is 19.2 Å². The molecule has 0 radical (unpaired) electrons. The minimum absolute atomic E-state index is 0.225. The van der Waals surface area contributed by atoms with Crippen LogP contribution < -0.4 is 10.1 Å². The van der Waals surface area contributed by atoms with Gasteiger partial charge in [0.25, 0.3) is 0 Å². The Kier molecular flexibility index (Phi) is 3.68. The van der Waals surface area contributed by atoms with E-state index in [9.17, 15) is 5.26 Å². The Morgan fingerprint density at radius 3 is 2.48 bits per heavy atom. The number of aromatic nitrogens is 2. The van der Waals surface area contributed by atoms with Crippen LogP contribution in [0, 0.1) is 11.3 Å². The van der Waals surface area contributed by atoms with Crippen molar-refractivity contribution >= 4 is 0 Å². The Labute approximate surface area is 135 Å².